The first-order valence-corrected chi connectivity index (χ1v) is 13.9. The minimum absolute atomic E-state index is 0.0363. The molecule has 3 aromatic rings. The number of amides is 1. The van der Waals surface area contributed by atoms with E-state index in [1.807, 2.05) is 24.0 Å². The number of aryl methyl sites for hydroxylation is 1. The summed E-state index contributed by atoms with van der Waals surface area (Å²) < 4.78 is 28.8. The standard InChI is InChI=1S/C30H35FN4O3/c1-3-23-18-27(29(36)34-14-6-4-5-7-20(34)2)32-28-19-26(33-35(23)28)24-9-8-22(17-25(24)31)21-10-12-30(13-11-21)37-15-16-38-30/h8-10,17-20H,3-7,11-16H2,1-2H3/t20-/m1/s1. The van der Waals surface area contributed by atoms with E-state index in [4.69, 9.17) is 9.47 Å². The van der Waals surface area contributed by atoms with Crippen molar-refractivity contribution in [3.8, 4) is 11.3 Å². The van der Waals surface area contributed by atoms with Crippen molar-refractivity contribution < 1.29 is 18.7 Å². The van der Waals surface area contributed by atoms with Gasteiger partial charge in [-0.1, -0.05) is 31.9 Å². The lowest BCUT2D eigenvalue weighted by Crippen LogP contribution is -2.38. The van der Waals surface area contributed by atoms with Gasteiger partial charge in [0, 0.05) is 42.8 Å². The minimum atomic E-state index is -0.492. The number of carbonyl (C=O) groups is 1. The minimum Gasteiger partial charge on any atom is -0.347 e. The smallest absolute Gasteiger partial charge is 0.272 e. The van der Waals surface area contributed by atoms with Gasteiger partial charge in [-0.15, -0.1) is 0 Å². The van der Waals surface area contributed by atoms with E-state index in [0.717, 1.165) is 61.9 Å². The first-order valence-electron chi connectivity index (χ1n) is 13.9. The fraction of sp³-hybridized carbons (Fsp3) is 0.500. The fourth-order valence-corrected chi connectivity index (χ4v) is 6.01. The van der Waals surface area contributed by atoms with Crippen molar-refractivity contribution in [1.29, 1.82) is 0 Å². The Bertz CT molecular complexity index is 1390. The highest BCUT2D eigenvalue weighted by Crippen LogP contribution is 2.39. The molecule has 0 saturated carbocycles. The summed E-state index contributed by atoms with van der Waals surface area (Å²) in [7, 11) is 0. The number of carbonyl (C=O) groups excluding carboxylic acids is 1. The average molecular weight is 519 g/mol. The van der Waals surface area contributed by atoms with Gasteiger partial charge in [0.25, 0.3) is 5.91 Å². The second-order valence-electron chi connectivity index (χ2n) is 10.7. The second kappa shape index (κ2) is 10.2. The highest BCUT2D eigenvalue weighted by atomic mass is 19.1. The van der Waals surface area contributed by atoms with Gasteiger partial charge >= 0.3 is 0 Å². The van der Waals surface area contributed by atoms with Gasteiger partial charge in [-0.3, -0.25) is 4.79 Å². The Morgan fingerprint density at radius 3 is 2.74 bits per heavy atom. The third kappa shape index (κ3) is 4.64. The van der Waals surface area contributed by atoms with Crippen molar-refractivity contribution in [1.82, 2.24) is 19.5 Å². The van der Waals surface area contributed by atoms with Crippen molar-refractivity contribution in [2.75, 3.05) is 19.8 Å². The third-order valence-corrected chi connectivity index (χ3v) is 8.26. The SMILES string of the molecule is CCc1cc(C(=O)N2CCCCC[C@H]2C)nc2cc(-c3ccc(C4=CCC5(CC4)OCCO5)cc3F)nn12. The van der Waals surface area contributed by atoms with Crippen molar-refractivity contribution in [3.63, 3.8) is 0 Å². The number of hydrogen-bond acceptors (Lipinski definition) is 5. The van der Waals surface area contributed by atoms with Gasteiger partial charge in [-0.2, -0.15) is 5.10 Å². The van der Waals surface area contributed by atoms with Crippen LogP contribution in [0, 0.1) is 5.82 Å². The Morgan fingerprint density at radius 1 is 1.16 bits per heavy atom. The van der Waals surface area contributed by atoms with Crippen LogP contribution in [-0.2, 0) is 15.9 Å². The molecular formula is C30H35FN4O3. The predicted molar refractivity (Wildman–Crippen MR) is 143 cm³/mol. The van der Waals surface area contributed by atoms with Crippen LogP contribution < -0.4 is 0 Å². The molecule has 3 aliphatic rings. The molecule has 0 N–H and O–H groups in total. The third-order valence-electron chi connectivity index (χ3n) is 8.26. The fourth-order valence-electron chi connectivity index (χ4n) is 6.01. The topological polar surface area (TPSA) is 69.0 Å². The molecule has 2 aromatic heterocycles. The van der Waals surface area contributed by atoms with Gasteiger partial charge in [0.2, 0.25) is 0 Å². The van der Waals surface area contributed by atoms with Crippen LogP contribution >= 0.6 is 0 Å². The van der Waals surface area contributed by atoms with E-state index < -0.39 is 5.79 Å². The Morgan fingerprint density at radius 2 is 2.00 bits per heavy atom. The zero-order chi connectivity index (χ0) is 26.3. The second-order valence-corrected chi connectivity index (χ2v) is 10.7. The van der Waals surface area contributed by atoms with Gasteiger partial charge in [0.05, 0.1) is 18.9 Å². The number of fused-ring (bicyclic) bond motifs is 1. The van der Waals surface area contributed by atoms with E-state index in [0.29, 0.717) is 48.7 Å². The van der Waals surface area contributed by atoms with E-state index >= 15 is 4.39 Å². The van der Waals surface area contributed by atoms with Gasteiger partial charge in [0.1, 0.15) is 11.5 Å². The van der Waals surface area contributed by atoms with Crippen molar-refractivity contribution >= 4 is 17.1 Å². The molecule has 38 heavy (non-hydrogen) atoms. The molecule has 4 heterocycles. The lowest BCUT2D eigenvalue weighted by Gasteiger charge is -2.30. The molecule has 1 aliphatic carbocycles. The van der Waals surface area contributed by atoms with Crippen LogP contribution in [0.1, 0.15) is 80.5 Å². The molecule has 0 bridgehead atoms. The predicted octanol–water partition coefficient (Wildman–Crippen LogP) is 5.81. The molecule has 1 spiro atoms. The van der Waals surface area contributed by atoms with Crippen LogP contribution in [0.25, 0.3) is 22.5 Å². The molecule has 1 aromatic carbocycles. The van der Waals surface area contributed by atoms with Gasteiger partial charge in [-0.25, -0.2) is 13.9 Å². The Balaban J connectivity index is 1.29. The first kappa shape index (κ1) is 25.2. The normalized spacial score (nSPS) is 21.6. The molecule has 2 fully saturated rings. The van der Waals surface area contributed by atoms with E-state index in [-0.39, 0.29) is 17.8 Å². The molecule has 200 valence electrons. The maximum absolute atomic E-state index is 15.4. The van der Waals surface area contributed by atoms with Crippen LogP contribution in [0.3, 0.4) is 0 Å². The largest absolute Gasteiger partial charge is 0.347 e. The molecule has 2 aliphatic heterocycles. The number of aromatic nitrogens is 3. The lowest BCUT2D eigenvalue weighted by molar-refractivity contribution is -0.159. The maximum Gasteiger partial charge on any atom is 0.272 e. The number of nitrogens with zero attached hydrogens (tertiary/aromatic N) is 4. The van der Waals surface area contributed by atoms with E-state index in [1.54, 1.807) is 22.7 Å². The Hall–Kier alpha value is -3.10. The quantitative estimate of drug-likeness (QED) is 0.436. The number of rotatable bonds is 4. The molecule has 6 rings (SSSR count). The summed E-state index contributed by atoms with van der Waals surface area (Å²) in [6.07, 6.45) is 9.36. The Labute approximate surface area is 222 Å². The summed E-state index contributed by atoms with van der Waals surface area (Å²) in [4.78, 5) is 20.1. The summed E-state index contributed by atoms with van der Waals surface area (Å²) in [6.45, 7) is 6.16. The van der Waals surface area contributed by atoms with E-state index in [2.05, 4.69) is 23.1 Å². The van der Waals surface area contributed by atoms with Crippen LogP contribution in [0.2, 0.25) is 0 Å². The van der Waals surface area contributed by atoms with Crippen molar-refractivity contribution in [2.45, 2.75) is 77.0 Å². The van der Waals surface area contributed by atoms with Crippen molar-refractivity contribution in [3.05, 3.63) is 59.2 Å². The monoisotopic (exact) mass is 518 g/mol. The van der Waals surface area contributed by atoms with Crippen LogP contribution in [0.5, 0.6) is 0 Å². The maximum atomic E-state index is 15.4. The van der Waals surface area contributed by atoms with Crippen LogP contribution in [0.15, 0.2) is 36.4 Å². The zero-order valence-electron chi connectivity index (χ0n) is 22.2. The summed E-state index contributed by atoms with van der Waals surface area (Å²) in [5.41, 5.74) is 4.78. The number of ether oxygens (including phenoxy) is 2. The highest BCUT2D eigenvalue weighted by molar-refractivity contribution is 5.93. The molecule has 0 radical (unpaired) electrons. The number of halogens is 1. The van der Waals surface area contributed by atoms with Gasteiger partial charge < -0.3 is 14.4 Å². The summed E-state index contributed by atoms with van der Waals surface area (Å²) in [6, 6.07) is 9.14. The highest BCUT2D eigenvalue weighted by Gasteiger charge is 2.37. The van der Waals surface area contributed by atoms with Gasteiger partial charge in [-0.05, 0) is 61.9 Å². The van der Waals surface area contributed by atoms with E-state index in [9.17, 15) is 4.79 Å². The molecule has 0 unspecified atom stereocenters. The number of benzene rings is 1. The summed E-state index contributed by atoms with van der Waals surface area (Å²) >= 11 is 0. The molecule has 1 amide bonds. The number of allylic oxidation sites excluding steroid dienone is 1. The van der Waals surface area contributed by atoms with Gasteiger partial charge in [0.15, 0.2) is 11.4 Å². The average Bonchev–Trinajstić information content (AvgIpc) is 3.51. The molecule has 7 nitrogen and oxygen atoms in total. The van der Waals surface area contributed by atoms with E-state index in [1.165, 1.54) is 0 Å². The van der Waals surface area contributed by atoms with Crippen LogP contribution in [0.4, 0.5) is 4.39 Å². The number of likely N-dealkylation sites (tertiary alicyclic amines) is 1. The van der Waals surface area contributed by atoms with Crippen LogP contribution in [-0.4, -0.2) is 57.0 Å². The first-order chi connectivity index (χ1) is 18.5. The molecular weight excluding hydrogens is 483 g/mol. The number of hydrogen-bond donors (Lipinski definition) is 0. The Kier molecular flexibility index (Phi) is 6.78. The zero-order valence-corrected chi connectivity index (χ0v) is 22.2. The molecule has 2 saturated heterocycles. The molecule has 1 atom stereocenters. The lowest BCUT2D eigenvalue weighted by atomic mass is 9.89. The summed E-state index contributed by atoms with van der Waals surface area (Å²) in [5.74, 6) is -0.854. The molecule has 8 heteroatoms. The summed E-state index contributed by atoms with van der Waals surface area (Å²) in [5, 5.41) is 4.69. The van der Waals surface area contributed by atoms with Crippen molar-refractivity contribution in [2.24, 2.45) is 0 Å².